The van der Waals surface area contributed by atoms with Gasteiger partial charge in [0.05, 0.1) is 0 Å². The van der Waals surface area contributed by atoms with Crippen molar-refractivity contribution < 1.29 is 17.2 Å². The highest BCUT2D eigenvalue weighted by atomic mass is 32.2. The Bertz CT molecular complexity index is 590. The van der Waals surface area contributed by atoms with Crippen LogP contribution in [0.15, 0.2) is 17.0 Å². The summed E-state index contributed by atoms with van der Waals surface area (Å²) in [5.41, 5.74) is 4.45. The van der Waals surface area contributed by atoms with E-state index in [9.17, 15) is 17.2 Å². The van der Waals surface area contributed by atoms with Crippen LogP contribution < -0.4 is 5.73 Å². The van der Waals surface area contributed by atoms with Crippen molar-refractivity contribution in [1.29, 1.82) is 0 Å². The Morgan fingerprint density at radius 2 is 2.05 bits per heavy atom. The molecular weight excluding hydrogens is 274 g/mol. The maximum atomic E-state index is 13.8. The van der Waals surface area contributed by atoms with E-state index in [-0.39, 0.29) is 5.92 Å². The SMILES string of the molecule is CC1CCCN(S(=O)(=O)c2ccc(F)c(N)c2F)C1. The molecule has 1 fully saturated rings. The molecule has 1 atom stereocenters. The summed E-state index contributed by atoms with van der Waals surface area (Å²) >= 11 is 0. The zero-order valence-electron chi connectivity index (χ0n) is 10.6. The Hall–Kier alpha value is -1.21. The second-order valence-electron chi connectivity index (χ2n) is 4.88. The van der Waals surface area contributed by atoms with Crippen LogP contribution >= 0.6 is 0 Å². The summed E-state index contributed by atoms with van der Waals surface area (Å²) in [7, 11) is -3.95. The topological polar surface area (TPSA) is 63.4 Å². The number of hydrogen-bond acceptors (Lipinski definition) is 3. The zero-order valence-corrected chi connectivity index (χ0v) is 11.4. The molecule has 106 valence electrons. The van der Waals surface area contributed by atoms with Gasteiger partial charge in [0.15, 0.2) is 5.82 Å². The Morgan fingerprint density at radius 3 is 2.68 bits per heavy atom. The molecule has 2 N–H and O–H groups in total. The number of hydrogen-bond donors (Lipinski definition) is 1. The van der Waals surface area contributed by atoms with Crippen LogP contribution in [0.5, 0.6) is 0 Å². The van der Waals surface area contributed by atoms with Crippen molar-refractivity contribution in [2.24, 2.45) is 5.92 Å². The first-order chi connectivity index (χ1) is 8.84. The van der Waals surface area contributed by atoms with Crippen molar-refractivity contribution in [2.75, 3.05) is 18.8 Å². The van der Waals surface area contributed by atoms with Gasteiger partial charge in [-0.05, 0) is 30.9 Å². The normalized spacial score (nSPS) is 21.5. The van der Waals surface area contributed by atoms with E-state index < -0.39 is 32.2 Å². The molecule has 1 heterocycles. The molecule has 1 aliphatic heterocycles. The average molecular weight is 290 g/mol. The number of halogens is 2. The maximum Gasteiger partial charge on any atom is 0.246 e. The summed E-state index contributed by atoms with van der Waals surface area (Å²) in [6.07, 6.45) is 1.68. The number of nitrogen functional groups attached to an aromatic ring is 1. The van der Waals surface area contributed by atoms with Gasteiger partial charge in [-0.25, -0.2) is 17.2 Å². The number of nitrogens with zero attached hydrogens (tertiary/aromatic N) is 1. The summed E-state index contributed by atoms with van der Waals surface area (Å²) in [4.78, 5) is -0.555. The first-order valence-electron chi connectivity index (χ1n) is 6.07. The summed E-state index contributed by atoms with van der Waals surface area (Å²) in [6.45, 7) is 2.64. The first-order valence-corrected chi connectivity index (χ1v) is 7.51. The molecule has 0 aromatic heterocycles. The lowest BCUT2D eigenvalue weighted by molar-refractivity contribution is 0.280. The summed E-state index contributed by atoms with van der Waals surface area (Å²) in [5, 5.41) is 0. The molecule has 2 rings (SSSR count). The van der Waals surface area contributed by atoms with Gasteiger partial charge in [-0.3, -0.25) is 0 Å². The van der Waals surface area contributed by atoms with Gasteiger partial charge in [0.25, 0.3) is 0 Å². The second-order valence-corrected chi connectivity index (χ2v) is 6.79. The van der Waals surface area contributed by atoms with E-state index in [1.807, 2.05) is 6.92 Å². The molecule has 1 aromatic rings. The molecule has 1 aromatic carbocycles. The molecule has 0 amide bonds. The molecule has 7 heteroatoms. The standard InChI is InChI=1S/C12H16F2N2O2S/c1-8-3-2-6-16(7-8)19(17,18)10-5-4-9(13)12(15)11(10)14/h4-5,8H,2-3,6-7,15H2,1H3. The van der Waals surface area contributed by atoms with Gasteiger partial charge in [0.1, 0.15) is 16.4 Å². The molecular formula is C12H16F2N2O2S. The van der Waals surface area contributed by atoms with Gasteiger partial charge in [-0.2, -0.15) is 4.31 Å². The second kappa shape index (κ2) is 5.05. The van der Waals surface area contributed by atoms with Gasteiger partial charge in [0.2, 0.25) is 10.0 Å². The molecule has 19 heavy (non-hydrogen) atoms. The van der Waals surface area contributed by atoms with Crippen LogP contribution in [0.2, 0.25) is 0 Å². The van der Waals surface area contributed by atoms with Crippen molar-refractivity contribution >= 4 is 15.7 Å². The van der Waals surface area contributed by atoms with Crippen molar-refractivity contribution in [3.8, 4) is 0 Å². The van der Waals surface area contributed by atoms with Crippen LogP contribution in [-0.2, 0) is 10.0 Å². The number of benzene rings is 1. The lowest BCUT2D eigenvalue weighted by Gasteiger charge is -2.30. The van der Waals surface area contributed by atoms with E-state index in [2.05, 4.69) is 0 Å². The number of anilines is 1. The van der Waals surface area contributed by atoms with Crippen LogP contribution in [0.3, 0.4) is 0 Å². The Morgan fingerprint density at radius 1 is 1.37 bits per heavy atom. The number of piperidine rings is 1. The smallest absolute Gasteiger partial charge is 0.246 e. The van der Waals surface area contributed by atoms with E-state index in [1.165, 1.54) is 4.31 Å². The average Bonchev–Trinajstić information content (AvgIpc) is 2.36. The lowest BCUT2D eigenvalue weighted by Crippen LogP contribution is -2.39. The predicted octanol–water partition coefficient (Wildman–Crippen LogP) is 1.97. The summed E-state index contributed by atoms with van der Waals surface area (Å²) in [5.74, 6) is -1.94. The number of sulfonamides is 1. The van der Waals surface area contributed by atoms with Crippen LogP contribution in [-0.4, -0.2) is 25.8 Å². The highest BCUT2D eigenvalue weighted by Gasteiger charge is 2.31. The van der Waals surface area contributed by atoms with Crippen LogP contribution in [0.25, 0.3) is 0 Å². The molecule has 1 unspecified atom stereocenters. The number of nitrogens with two attached hydrogens (primary N) is 1. The van der Waals surface area contributed by atoms with E-state index >= 15 is 0 Å². The highest BCUT2D eigenvalue weighted by molar-refractivity contribution is 7.89. The summed E-state index contributed by atoms with van der Waals surface area (Å²) in [6, 6.07) is 1.80. The van der Waals surface area contributed by atoms with Gasteiger partial charge < -0.3 is 5.73 Å². The third-order valence-corrected chi connectivity index (χ3v) is 5.21. The van der Waals surface area contributed by atoms with E-state index in [1.54, 1.807) is 0 Å². The van der Waals surface area contributed by atoms with E-state index in [4.69, 9.17) is 5.73 Å². The van der Waals surface area contributed by atoms with Gasteiger partial charge in [-0.1, -0.05) is 6.92 Å². The quantitative estimate of drug-likeness (QED) is 0.847. The van der Waals surface area contributed by atoms with Gasteiger partial charge in [0, 0.05) is 13.1 Å². The Kier molecular flexibility index (Phi) is 3.78. The fourth-order valence-electron chi connectivity index (χ4n) is 2.25. The van der Waals surface area contributed by atoms with Gasteiger partial charge in [-0.15, -0.1) is 0 Å². The molecule has 1 saturated heterocycles. The predicted molar refractivity (Wildman–Crippen MR) is 67.9 cm³/mol. The first kappa shape index (κ1) is 14.2. The zero-order chi connectivity index (χ0) is 14.2. The van der Waals surface area contributed by atoms with Crippen LogP contribution in [0.4, 0.5) is 14.5 Å². The Labute approximate surface area is 111 Å². The molecule has 0 aliphatic carbocycles. The van der Waals surface area contributed by atoms with E-state index in [0.29, 0.717) is 13.1 Å². The fraction of sp³-hybridized carbons (Fsp3) is 0.500. The number of rotatable bonds is 2. The lowest BCUT2D eigenvalue weighted by atomic mass is 10.0. The van der Waals surface area contributed by atoms with Gasteiger partial charge >= 0.3 is 0 Å². The minimum absolute atomic E-state index is 0.226. The van der Waals surface area contributed by atoms with Crippen molar-refractivity contribution in [3.05, 3.63) is 23.8 Å². The fourth-order valence-corrected chi connectivity index (χ4v) is 3.93. The monoisotopic (exact) mass is 290 g/mol. The Balaban J connectivity index is 2.42. The van der Waals surface area contributed by atoms with Crippen LogP contribution in [0.1, 0.15) is 19.8 Å². The van der Waals surface area contributed by atoms with E-state index in [0.717, 1.165) is 25.0 Å². The molecule has 0 saturated carbocycles. The third-order valence-electron chi connectivity index (χ3n) is 3.33. The molecule has 0 radical (unpaired) electrons. The van der Waals surface area contributed by atoms with Crippen molar-refractivity contribution in [2.45, 2.75) is 24.7 Å². The minimum Gasteiger partial charge on any atom is -0.394 e. The molecule has 0 bridgehead atoms. The van der Waals surface area contributed by atoms with Crippen molar-refractivity contribution in [3.63, 3.8) is 0 Å². The highest BCUT2D eigenvalue weighted by Crippen LogP contribution is 2.28. The largest absolute Gasteiger partial charge is 0.394 e. The maximum absolute atomic E-state index is 13.8. The van der Waals surface area contributed by atoms with Crippen LogP contribution in [0, 0.1) is 17.6 Å². The molecule has 1 aliphatic rings. The van der Waals surface area contributed by atoms with Crippen molar-refractivity contribution in [1.82, 2.24) is 4.31 Å². The molecule has 4 nitrogen and oxygen atoms in total. The summed E-state index contributed by atoms with van der Waals surface area (Å²) < 4.78 is 52.8. The minimum atomic E-state index is -3.95. The third kappa shape index (κ3) is 2.57. The molecule has 0 spiro atoms.